The van der Waals surface area contributed by atoms with Gasteiger partial charge in [-0.05, 0) is 50.7 Å². The van der Waals surface area contributed by atoms with E-state index in [2.05, 4.69) is 121 Å². The van der Waals surface area contributed by atoms with Gasteiger partial charge in [0.1, 0.15) is 11.5 Å². The molecule has 9 rings (SSSR count). The summed E-state index contributed by atoms with van der Waals surface area (Å²) in [5.41, 5.74) is 9.02. The van der Waals surface area contributed by atoms with Gasteiger partial charge in [-0.1, -0.05) is 139 Å². The first-order valence-corrected chi connectivity index (χ1v) is 14.3. The smallest absolute Gasteiger partial charge is 0.140 e. The minimum absolute atomic E-state index is 0.526. The highest BCUT2D eigenvalue weighted by atomic mass is 35.5. The highest BCUT2D eigenvalue weighted by Gasteiger charge is 2.51. The highest BCUT2D eigenvalue weighted by molar-refractivity contribution is 6.33. The molecule has 0 saturated heterocycles. The van der Waals surface area contributed by atoms with Gasteiger partial charge in [0.25, 0.3) is 0 Å². The minimum Gasteiger partial charge on any atom is -0.455 e. The van der Waals surface area contributed by atoms with Crippen LogP contribution in [-0.4, -0.2) is 0 Å². The topological polar surface area (TPSA) is 9.23 Å². The minimum atomic E-state index is -0.526. The summed E-state index contributed by atoms with van der Waals surface area (Å²) in [5.74, 6) is 1.87. The molecule has 1 aliphatic carbocycles. The van der Waals surface area contributed by atoms with Crippen LogP contribution in [0, 0.1) is 0 Å². The summed E-state index contributed by atoms with van der Waals surface area (Å²) in [6.07, 6.45) is 0. The van der Waals surface area contributed by atoms with E-state index in [4.69, 9.17) is 16.3 Å². The van der Waals surface area contributed by atoms with Crippen LogP contribution in [0.15, 0.2) is 140 Å². The molecule has 1 spiro atoms. The summed E-state index contributed by atoms with van der Waals surface area (Å²) >= 11 is 6.68. The maximum Gasteiger partial charge on any atom is 0.140 e. The SMILES string of the molecule is Clc1ccccc1-c1ccc2c(c1)-c1ccccc1C21c2ccc3ccccc3c2Oc2c1ccc1ccccc21. The summed E-state index contributed by atoms with van der Waals surface area (Å²) in [6.45, 7) is 0. The van der Waals surface area contributed by atoms with E-state index in [-0.39, 0.29) is 0 Å². The zero-order valence-electron chi connectivity index (χ0n) is 22.1. The lowest BCUT2D eigenvalue weighted by Gasteiger charge is -2.40. The van der Waals surface area contributed by atoms with Gasteiger partial charge in [-0.3, -0.25) is 0 Å². The summed E-state index contributed by atoms with van der Waals surface area (Å²) in [6, 6.07) is 49.9. The first-order chi connectivity index (χ1) is 20.2. The lowest BCUT2D eigenvalue weighted by Crippen LogP contribution is -2.32. The largest absolute Gasteiger partial charge is 0.455 e. The lowest BCUT2D eigenvalue weighted by molar-refractivity contribution is 0.447. The number of halogens is 1. The van der Waals surface area contributed by atoms with Gasteiger partial charge in [0, 0.05) is 32.5 Å². The van der Waals surface area contributed by atoms with E-state index in [9.17, 15) is 0 Å². The zero-order valence-corrected chi connectivity index (χ0v) is 22.8. The predicted octanol–water partition coefficient (Wildman–Crippen LogP) is 10.8. The van der Waals surface area contributed by atoms with Gasteiger partial charge in [0.15, 0.2) is 0 Å². The number of hydrogen-bond acceptors (Lipinski definition) is 1. The zero-order chi connectivity index (χ0) is 27.1. The second-order valence-corrected chi connectivity index (χ2v) is 11.4. The van der Waals surface area contributed by atoms with Crippen LogP contribution in [0.1, 0.15) is 22.3 Å². The first-order valence-electron chi connectivity index (χ1n) is 14.0. The molecule has 0 amide bonds. The van der Waals surface area contributed by atoms with Gasteiger partial charge in [-0.15, -0.1) is 0 Å². The number of benzene rings is 7. The van der Waals surface area contributed by atoms with Crippen LogP contribution < -0.4 is 4.74 Å². The van der Waals surface area contributed by atoms with Crippen molar-refractivity contribution in [2.24, 2.45) is 0 Å². The number of ether oxygens (including phenoxy) is 1. The average Bonchev–Trinajstić information content (AvgIpc) is 3.31. The van der Waals surface area contributed by atoms with Crippen molar-refractivity contribution >= 4 is 33.1 Å². The van der Waals surface area contributed by atoms with Gasteiger partial charge in [-0.2, -0.15) is 0 Å². The standard InChI is InChI=1S/C39H23ClO/c40-36-16-8-6-11-27(36)26-19-20-33-31(23-26)30-14-5-7-15-32(30)39(33)34-21-17-24-9-1-3-12-28(24)37(34)41-38-29-13-4-2-10-25(29)18-22-35(38)39/h1-23H. The molecule has 2 aliphatic rings. The van der Waals surface area contributed by atoms with Gasteiger partial charge in [-0.25, -0.2) is 0 Å². The fraction of sp³-hybridized carbons (Fsp3) is 0.0256. The summed E-state index contributed by atoms with van der Waals surface area (Å²) in [7, 11) is 0. The molecule has 0 fully saturated rings. The third kappa shape index (κ3) is 2.96. The van der Waals surface area contributed by atoms with Crippen molar-refractivity contribution in [1.82, 2.24) is 0 Å². The summed E-state index contributed by atoms with van der Waals surface area (Å²) in [5, 5.41) is 5.35. The van der Waals surface area contributed by atoms with Gasteiger partial charge < -0.3 is 4.74 Å². The Bertz CT molecular complexity index is 2120. The Kier molecular flexibility index (Phi) is 4.66. The molecule has 0 radical (unpaired) electrons. The monoisotopic (exact) mass is 542 g/mol. The van der Waals surface area contributed by atoms with Crippen molar-refractivity contribution in [2.75, 3.05) is 0 Å². The van der Waals surface area contributed by atoms with Crippen molar-refractivity contribution in [1.29, 1.82) is 0 Å². The van der Waals surface area contributed by atoms with E-state index in [0.29, 0.717) is 0 Å². The first kappa shape index (κ1) is 22.9. The third-order valence-electron chi connectivity index (χ3n) is 9.00. The fourth-order valence-corrected chi connectivity index (χ4v) is 7.52. The highest BCUT2D eigenvalue weighted by Crippen LogP contribution is 2.64. The quantitative estimate of drug-likeness (QED) is 0.200. The molecular weight excluding hydrogens is 520 g/mol. The maximum atomic E-state index is 7.01. The molecule has 0 bridgehead atoms. The van der Waals surface area contributed by atoms with Crippen molar-refractivity contribution in [3.8, 4) is 33.8 Å². The van der Waals surface area contributed by atoms with E-state index in [1.807, 2.05) is 18.2 Å². The number of rotatable bonds is 1. The van der Waals surface area contributed by atoms with Crippen LogP contribution in [0.25, 0.3) is 43.8 Å². The molecule has 2 heteroatoms. The molecule has 1 nitrogen and oxygen atoms in total. The lowest BCUT2D eigenvalue weighted by atomic mass is 9.65. The van der Waals surface area contributed by atoms with Crippen molar-refractivity contribution in [3.05, 3.63) is 167 Å². The second kappa shape index (κ2) is 8.33. The van der Waals surface area contributed by atoms with Crippen LogP contribution in [-0.2, 0) is 5.41 Å². The second-order valence-electron chi connectivity index (χ2n) is 11.0. The Balaban J connectivity index is 1.45. The third-order valence-corrected chi connectivity index (χ3v) is 9.33. The van der Waals surface area contributed by atoms with Crippen molar-refractivity contribution < 1.29 is 4.74 Å². The van der Waals surface area contributed by atoms with Gasteiger partial charge in [0.05, 0.1) is 5.41 Å². The molecule has 0 unspecified atom stereocenters. The number of hydrogen-bond donors (Lipinski definition) is 0. The van der Waals surface area contributed by atoms with Crippen LogP contribution in [0.4, 0.5) is 0 Å². The Morgan fingerprint density at radius 3 is 1.66 bits per heavy atom. The van der Waals surface area contributed by atoms with E-state index in [1.54, 1.807) is 0 Å². The molecule has 0 aromatic heterocycles. The summed E-state index contributed by atoms with van der Waals surface area (Å²) < 4.78 is 7.01. The molecule has 192 valence electrons. The molecule has 0 atom stereocenters. The van der Waals surface area contributed by atoms with E-state index < -0.39 is 5.41 Å². The molecule has 41 heavy (non-hydrogen) atoms. The molecular formula is C39H23ClO. The Morgan fingerprint density at radius 2 is 0.976 bits per heavy atom. The molecule has 1 aliphatic heterocycles. The van der Waals surface area contributed by atoms with Crippen LogP contribution in [0.2, 0.25) is 5.02 Å². The molecule has 0 N–H and O–H groups in total. The normalized spacial score (nSPS) is 13.9. The molecule has 7 aromatic carbocycles. The van der Waals surface area contributed by atoms with Crippen LogP contribution in [0.5, 0.6) is 11.5 Å². The maximum absolute atomic E-state index is 7.01. The van der Waals surface area contributed by atoms with Crippen LogP contribution in [0.3, 0.4) is 0 Å². The number of fused-ring (bicyclic) bond motifs is 13. The van der Waals surface area contributed by atoms with Crippen molar-refractivity contribution in [2.45, 2.75) is 5.41 Å². The van der Waals surface area contributed by atoms with Gasteiger partial charge in [0.2, 0.25) is 0 Å². The van der Waals surface area contributed by atoms with E-state index in [1.165, 1.54) is 44.2 Å². The summed E-state index contributed by atoms with van der Waals surface area (Å²) in [4.78, 5) is 0. The predicted molar refractivity (Wildman–Crippen MR) is 169 cm³/mol. The Hall–Kier alpha value is -4.85. The van der Waals surface area contributed by atoms with Crippen molar-refractivity contribution in [3.63, 3.8) is 0 Å². The van der Waals surface area contributed by atoms with Gasteiger partial charge >= 0.3 is 0 Å². The molecule has 1 heterocycles. The van der Waals surface area contributed by atoms with Crippen LogP contribution >= 0.6 is 11.6 Å². The Morgan fingerprint density at radius 1 is 0.439 bits per heavy atom. The fourth-order valence-electron chi connectivity index (χ4n) is 7.27. The average molecular weight is 543 g/mol. The molecule has 7 aromatic rings. The van der Waals surface area contributed by atoms with E-state index in [0.717, 1.165) is 38.4 Å². The Labute approximate surface area is 243 Å². The van der Waals surface area contributed by atoms with E-state index >= 15 is 0 Å². The molecule has 0 saturated carbocycles.